The van der Waals surface area contributed by atoms with Gasteiger partial charge in [0.1, 0.15) is 15.0 Å². The zero-order chi connectivity index (χ0) is 28.5. The fourth-order valence-corrected chi connectivity index (χ4v) is 9.04. The molecule has 3 saturated carbocycles. The van der Waals surface area contributed by atoms with Crippen molar-refractivity contribution in [2.24, 2.45) is 0 Å². The molecule has 2 aromatic carbocycles. The summed E-state index contributed by atoms with van der Waals surface area (Å²) in [6, 6.07) is 5.32. The van der Waals surface area contributed by atoms with Gasteiger partial charge in [0.2, 0.25) is 5.82 Å². The Kier molecular flexibility index (Phi) is 8.88. The van der Waals surface area contributed by atoms with E-state index in [4.69, 9.17) is 4.18 Å². The average Bonchev–Trinajstić information content (AvgIpc) is 2.95. The van der Waals surface area contributed by atoms with Crippen molar-refractivity contribution in [3.63, 3.8) is 0 Å². The zero-order valence-corrected chi connectivity index (χ0v) is 24.3. The monoisotopic (exact) mass is 595 g/mol. The Balaban J connectivity index is 1.66. The molecule has 0 saturated heterocycles. The van der Waals surface area contributed by atoms with Crippen molar-refractivity contribution >= 4 is 20.2 Å². The van der Waals surface area contributed by atoms with Gasteiger partial charge in [0.25, 0.3) is 0 Å². The molecule has 5 rings (SSSR count). The van der Waals surface area contributed by atoms with E-state index in [1.807, 2.05) is 12.1 Å². The van der Waals surface area contributed by atoms with E-state index in [1.54, 1.807) is 0 Å². The Morgan fingerprint density at radius 3 is 1.55 bits per heavy atom. The van der Waals surface area contributed by atoms with Crippen molar-refractivity contribution in [2.75, 3.05) is 0 Å². The van der Waals surface area contributed by atoms with Crippen LogP contribution in [0.1, 0.15) is 131 Å². The van der Waals surface area contributed by atoms with Gasteiger partial charge in [0.15, 0.2) is 11.6 Å². The highest BCUT2D eigenvalue weighted by Crippen LogP contribution is 2.46. The molecule has 0 radical (unpaired) electrons. The summed E-state index contributed by atoms with van der Waals surface area (Å²) < 4.78 is 96.7. The van der Waals surface area contributed by atoms with E-state index in [2.05, 4.69) is 0 Å². The first kappa shape index (κ1) is 29.5. The van der Waals surface area contributed by atoms with Gasteiger partial charge in [0, 0.05) is 0 Å². The summed E-state index contributed by atoms with van der Waals surface area (Å²) in [5.41, 5.74) is 2.59. The highest BCUT2D eigenvalue weighted by molar-refractivity contribution is 7.87. The summed E-state index contributed by atoms with van der Waals surface area (Å²) in [6.45, 7) is 0. The van der Waals surface area contributed by atoms with Crippen LogP contribution in [0.4, 0.5) is 8.78 Å². The fourth-order valence-electron chi connectivity index (χ4n) is 7.02. The van der Waals surface area contributed by atoms with Crippen molar-refractivity contribution < 1.29 is 34.4 Å². The lowest BCUT2D eigenvalue weighted by Crippen LogP contribution is -2.22. The molecule has 0 amide bonds. The average molecular weight is 596 g/mol. The molecule has 10 heteroatoms. The quantitative estimate of drug-likeness (QED) is 0.239. The molecule has 3 aliphatic rings. The minimum atomic E-state index is -5.30. The maximum Gasteiger partial charge on any atom is 0.339 e. The van der Waals surface area contributed by atoms with Crippen molar-refractivity contribution in [3.05, 3.63) is 52.6 Å². The molecule has 0 atom stereocenters. The molecule has 3 aliphatic carbocycles. The molecule has 220 valence electrons. The summed E-state index contributed by atoms with van der Waals surface area (Å²) in [4.78, 5) is -1.33. The second-order valence-corrected chi connectivity index (χ2v) is 14.5. The van der Waals surface area contributed by atoms with Crippen molar-refractivity contribution in [2.45, 2.75) is 124 Å². The molecular weight excluding hydrogens is 558 g/mol. The Hall–Kier alpha value is -2.04. The van der Waals surface area contributed by atoms with Crippen LogP contribution >= 0.6 is 0 Å². The van der Waals surface area contributed by atoms with Crippen LogP contribution in [0.3, 0.4) is 0 Å². The smallest absolute Gasteiger partial charge is 0.339 e. The van der Waals surface area contributed by atoms with Crippen LogP contribution in [0.25, 0.3) is 0 Å². The molecule has 0 bridgehead atoms. The van der Waals surface area contributed by atoms with E-state index in [0.29, 0.717) is 29.2 Å². The SMILES string of the molecule is O=S(=O)([O-])c1ccc(OS(=O)(=O)c2c(C3CCCCC3)cc(C3CCCCC3)cc2C2CCCCC2)c(F)c1F. The molecule has 6 nitrogen and oxygen atoms in total. The largest absolute Gasteiger partial charge is 0.744 e. The third-order valence-electron chi connectivity index (χ3n) is 9.07. The van der Waals surface area contributed by atoms with Gasteiger partial charge in [-0.15, -0.1) is 0 Å². The van der Waals surface area contributed by atoms with Crippen molar-refractivity contribution in [1.82, 2.24) is 0 Å². The molecule has 0 aromatic heterocycles. The van der Waals surface area contributed by atoms with Crippen molar-refractivity contribution in [3.8, 4) is 5.75 Å². The molecule has 0 heterocycles. The number of hydrogen-bond donors (Lipinski definition) is 0. The fraction of sp³-hybridized carbons (Fsp3) is 0.600. The number of halogens is 2. The van der Waals surface area contributed by atoms with E-state index < -0.39 is 42.5 Å². The minimum absolute atomic E-state index is 0.0163. The van der Waals surface area contributed by atoms with E-state index in [-0.39, 0.29) is 16.7 Å². The molecule has 0 N–H and O–H groups in total. The summed E-state index contributed by atoms with van der Waals surface area (Å²) >= 11 is 0. The van der Waals surface area contributed by atoms with Gasteiger partial charge in [0.05, 0.1) is 4.90 Å². The summed E-state index contributed by atoms with van der Waals surface area (Å²) in [7, 11) is -9.94. The van der Waals surface area contributed by atoms with E-state index in [9.17, 15) is 30.2 Å². The number of benzene rings is 2. The highest BCUT2D eigenvalue weighted by Gasteiger charge is 2.35. The van der Waals surface area contributed by atoms with Crippen LogP contribution in [0, 0.1) is 11.6 Å². The van der Waals surface area contributed by atoms with Crippen LogP contribution in [0.15, 0.2) is 34.1 Å². The first-order chi connectivity index (χ1) is 19.1. The standard InChI is InChI=1S/C30H38F2O6S2/c31-28-26(16-17-27(29(28)32)39(33,34)35)38-40(36,37)30-24(21-12-6-2-7-13-21)18-23(20-10-4-1-5-11-20)19-25(30)22-14-8-3-9-15-22/h16-22H,1-15H2,(H,33,34,35)/p-1. The minimum Gasteiger partial charge on any atom is -0.744 e. The maximum atomic E-state index is 14.9. The van der Waals surface area contributed by atoms with Gasteiger partial charge in [-0.3, -0.25) is 0 Å². The topological polar surface area (TPSA) is 101 Å². The van der Waals surface area contributed by atoms with E-state index >= 15 is 0 Å². The molecule has 0 unspecified atom stereocenters. The molecule has 0 spiro atoms. The predicted octanol–water partition coefficient (Wildman–Crippen LogP) is 7.78. The predicted molar refractivity (Wildman–Crippen MR) is 146 cm³/mol. The number of hydrogen-bond acceptors (Lipinski definition) is 6. The lowest BCUT2D eigenvalue weighted by Gasteiger charge is -2.32. The van der Waals surface area contributed by atoms with Crippen LogP contribution in [-0.4, -0.2) is 21.4 Å². The third-order valence-corrected chi connectivity index (χ3v) is 11.3. The van der Waals surface area contributed by atoms with Crippen LogP contribution in [0.2, 0.25) is 0 Å². The number of rotatable bonds is 7. The first-order valence-corrected chi connectivity index (χ1v) is 17.4. The molecule has 0 aliphatic heterocycles. The normalized spacial score (nSPS) is 20.5. The highest BCUT2D eigenvalue weighted by atomic mass is 32.2. The summed E-state index contributed by atoms with van der Waals surface area (Å²) in [5.74, 6) is -4.34. The van der Waals surface area contributed by atoms with Crippen LogP contribution in [-0.2, 0) is 20.2 Å². The van der Waals surface area contributed by atoms with Gasteiger partial charge >= 0.3 is 10.1 Å². The molecule has 40 heavy (non-hydrogen) atoms. The lowest BCUT2D eigenvalue weighted by molar-refractivity contribution is 0.406. The Labute approximate surface area is 236 Å². The molecular formula is C30H37F2O6S2-. The van der Waals surface area contributed by atoms with Gasteiger partial charge < -0.3 is 8.74 Å². The van der Waals surface area contributed by atoms with Gasteiger partial charge in [-0.2, -0.15) is 12.8 Å². The first-order valence-electron chi connectivity index (χ1n) is 14.6. The summed E-state index contributed by atoms with van der Waals surface area (Å²) in [6.07, 6.45) is 15.1. The van der Waals surface area contributed by atoms with Gasteiger partial charge in [-0.1, -0.05) is 69.9 Å². The van der Waals surface area contributed by atoms with Crippen molar-refractivity contribution in [1.29, 1.82) is 0 Å². The second kappa shape index (κ2) is 12.1. The van der Waals surface area contributed by atoms with Crippen LogP contribution in [0.5, 0.6) is 5.75 Å². The Morgan fingerprint density at radius 1 is 0.650 bits per heavy atom. The maximum absolute atomic E-state index is 14.9. The van der Waals surface area contributed by atoms with Crippen LogP contribution < -0.4 is 4.18 Å². The Morgan fingerprint density at radius 2 is 1.10 bits per heavy atom. The van der Waals surface area contributed by atoms with E-state index in [0.717, 1.165) is 89.9 Å². The van der Waals surface area contributed by atoms with E-state index in [1.165, 1.54) is 12.0 Å². The summed E-state index contributed by atoms with van der Waals surface area (Å²) in [5, 5.41) is 0. The zero-order valence-electron chi connectivity index (χ0n) is 22.7. The third kappa shape index (κ3) is 6.23. The molecule has 3 fully saturated rings. The molecule has 2 aromatic rings. The lowest BCUT2D eigenvalue weighted by atomic mass is 9.76. The second-order valence-electron chi connectivity index (χ2n) is 11.7. The van der Waals surface area contributed by atoms with Gasteiger partial charge in [-0.05, 0) is 85.1 Å². The van der Waals surface area contributed by atoms with Gasteiger partial charge in [-0.25, -0.2) is 12.8 Å². The Bertz CT molecular complexity index is 1400.